The molecule has 0 radical (unpaired) electrons. The average Bonchev–Trinajstić information content (AvgIpc) is 2.35. The number of nitrogens with one attached hydrogen (secondary N) is 1. The standard InChI is InChI=1S/C13H19BrClNO2/c1-17-9-12(15)5-6-16-8-10-7-11(14)3-4-13(10)18-2/h3-4,7,12,16H,5-6,8-9H2,1-2H3. The van der Waals surface area contributed by atoms with Gasteiger partial charge in [0, 0.05) is 23.7 Å². The van der Waals surface area contributed by atoms with Crippen molar-refractivity contribution in [1.29, 1.82) is 0 Å². The van der Waals surface area contributed by atoms with Crippen LogP contribution in [0.25, 0.3) is 0 Å². The summed E-state index contributed by atoms with van der Waals surface area (Å²) >= 11 is 9.51. The molecule has 5 heteroatoms. The van der Waals surface area contributed by atoms with Crippen LogP contribution < -0.4 is 10.1 Å². The summed E-state index contributed by atoms with van der Waals surface area (Å²) in [6, 6.07) is 5.98. The van der Waals surface area contributed by atoms with Crippen LogP contribution in [0, 0.1) is 0 Å². The minimum absolute atomic E-state index is 0.0619. The summed E-state index contributed by atoms with van der Waals surface area (Å²) in [6.07, 6.45) is 0.881. The summed E-state index contributed by atoms with van der Waals surface area (Å²) < 4.78 is 11.3. The van der Waals surface area contributed by atoms with E-state index in [-0.39, 0.29) is 5.38 Å². The van der Waals surface area contributed by atoms with E-state index in [9.17, 15) is 0 Å². The lowest BCUT2D eigenvalue weighted by molar-refractivity contribution is 0.195. The Morgan fingerprint density at radius 1 is 1.39 bits per heavy atom. The van der Waals surface area contributed by atoms with Crippen molar-refractivity contribution in [1.82, 2.24) is 5.32 Å². The number of alkyl halides is 1. The third kappa shape index (κ3) is 5.57. The summed E-state index contributed by atoms with van der Waals surface area (Å²) in [5.41, 5.74) is 1.13. The van der Waals surface area contributed by atoms with Gasteiger partial charge in [-0.05, 0) is 31.2 Å². The lowest BCUT2D eigenvalue weighted by Gasteiger charge is -2.11. The maximum absolute atomic E-state index is 6.05. The third-order valence-corrected chi connectivity index (χ3v) is 3.38. The topological polar surface area (TPSA) is 30.5 Å². The molecule has 1 N–H and O–H groups in total. The summed E-state index contributed by atoms with van der Waals surface area (Å²) in [7, 11) is 3.34. The summed E-state index contributed by atoms with van der Waals surface area (Å²) in [5.74, 6) is 0.894. The Hall–Kier alpha value is -0.290. The van der Waals surface area contributed by atoms with Crippen LogP contribution in [0.5, 0.6) is 5.75 Å². The second-order valence-electron chi connectivity index (χ2n) is 3.97. The van der Waals surface area contributed by atoms with Crippen molar-refractivity contribution in [3.63, 3.8) is 0 Å². The Kier molecular flexibility index (Phi) is 7.66. The van der Waals surface area contributed by atoms with Gasteiger partial charge in [0.15, 0.2) is 0 Å². The van der Waals surface area contributed by atoms with Gasteiger partial charge in [0.05, 0.1) is 19.1 Å². The van der Waals surface area contributed by atoms with Gasteiger partial charge < -0.3 is 14.8 Å². The number of rotatable bonds is 8. The highest BCUT2D eigenvalue weighted by atomic mass is 79.9. The van der Waals surface area contributed by atoms with Gasteiger partial charge in [0.2, 0.25) is 0 Å². The van der Waals surface area contributed by atoms with Gasteiger partial charge in [-0.1, -0.05) is 15.9 Å². The van der Waals surface area contributed by atoms with Gasteiger partial charge in [-0.2, -0.15) is 0 Å². The first-order valence-electron chi connectivity index (χ1n) is 5.83. The van der Waals surface area contributed by atoms with Crippen molar-refractivity contribution in [3.05, 3.63) is 28.2 Å². The zero-order valence-corrected chi connectivity index (χ0v) is 13.1. The molecule has 0 heterocycles. The van der Waals surface area contributed by atoms with E-state index in [2.05, 4.69) is 27.3 Å². The molecule has 1 aromatic carbocycles. The molecule has 1 unspecified atom stereocenters. The molecule has 0 aliphatic carbocycles. The predicted molar refractivity (Wildman–Crippen MR) is 78.5 cm³/mol. The molecule has 0 spiro atoms. The number of hydrogen-bond donors (Lipinski definition) is 1. The molecule has 0 fully saturated rings. The summed E-state index contributed by atoms with van der Waals surface area (Å²) in [6.45, 7) is 2.20. The molecular weight excluding hydrogens is 318 g/mol. The number of benzene rings is 1. The maximum Gasteiger partial charge on any atom is 0.123 e. The zero-order valence-electron chi connectivity index (χ0n) is 10.7. The van der Waals surface area contributed by atoms with Crippen molar-refractivity contribution in [2.45, 2.75) is 18.3 Å². The Balaban J connectivity index is 2.36. The van der Waals surface area contributed by atoms with Crippen molar-refractivity contribution < 1.29 is 9.47 Å². The van der Waals surface area contributed by atoms with E-state index >= 15 is 0 Å². The third-order valence-electron chi connectivity index (χ3n) is 2.54. The highest BCUT2D eigenvalue weighted by molar-refractivity contribution is 9.10. The monoisotopic (exact) mass is 335 g/mol. The van der Waals surface area contributed by atoms with Crippen molar-refractivity contribution in [3.8, 4) is 5.75 Å². The van der Waals surface area contributed by atoms with Crippen LogP contribution in [0.1, 0.15) is 12.0 Å². The van der Waals surface area contributed by atoms with Crippen LogP contribution in [0.3, 0.4) is 0 Å². The Labute approximate surface area is 122 Å². The highest BCUT2D eigenvalue weighted by Crippen LogP contribution is 2.22. The van der Waals surface area contributed by atoms with Crippen LogP contribution in [0.4, 0.5) is 0 Å². The second-order valence-corrected chi connectivity index (χ2v) is 5.51. The average molecular weight is 337 g/mol. The molecule has 18 heavy (non-hydrogen) atoms. The van der Waals surface area contributed by atoms with E-state index < -0.39 is 0 Å². The molecule has 1 rings (SSSR count). The van der Waals surface area contributed by atoms with Gasteiger partial charge in [0.25, 0.3) is 0 Å². The van der Waals surface area contributed by atoms with Crippen molar-refractivity contribution in [2.75, 3.05) is 27.4 Å². The summed E-state index contributed by atoms with van der Waals surface area (Å²) in [4.78, 5) is 0. The smallest absolute Gasteiger partial charge is 0.123 e. The molecular formula is C13H19BrClNO2. The minimum Gasteiger partial charge on any atom is -0.496 e. The van der Waals surface area contributed by atoms with Gasteiger partial charge >= 0.3 is 0 Å². The van der Waals surface area contributed by atoms with E-state index in [0.29, 0.717) is 6.61 Å². The van der Waals surface area contributed by atoms with Gasteiger partial charge in [-0.15, -0.1) is 11.6 Å². The number of halogens is 2. The number of methoxy groups -OCH3 is 2. The van der Waals surface area contributed by atoms with Gasteiger partial charge in [0.1, 0.15) is 5.75 Å². The first-order valence-corrected chi connectivity index (χ1v) is 7.06. The maximum atomic E-state index is 6.05. The first kappa shape index (κ1) is 15.8. The van der Waals surface area contributed by atoms with Crippen molar-refractivity contribution in [2.24, 2.45) is 0 Å². The molecule has 0 saturated carbocycles. The Bertz CT molecular complexity index is 363. The molecule has 3 nitrogen and oxygen atoms in total. The molecule has 0 aliphatic rings. The molecule has 1 aromatic rings. The first-order chi connectivity index (χ1) is 8.67. The molecule has 0 bridgehead atoms. The van der Waals surface area contributed by atoms with Crippen molar-refractivity contribution >= 4 is 27.5 Å². The van der Waals surface area contributed by atoms with Crippen LogP contribution in [-0.2, 0) is 11.3 Å². The molecule has 1 atom stereocenters. The fourth-order valence-electron chi connectivity index (χ4n) is 1.63. The zero-order chi connectivity index (χ0) is 13.4. The Morgan fingerprint density at radius 3 is 2.83 bits per heavy atom. The van der Waals surface area contributed by atoms with E-state index in [1.165, 1.54) is 0 Å². The van der Waals surface area contributed by atoms with E-state index in [4.69, 9.17) is 21.1 Å². The Morgan fingerprint density at radius 2 is 2.17 bits per heavy atom. The fourth-order valence-corrected chi connectivity index (χ4v) is 2.27. The van der Waals surface area contributed by atoms with Crippen LogP contribution in [0.2, 0.25) is 0 Å². The lowest BCUT2D eigenvalue weighted by atomic mass is 10.2. The largest absolute Gasteiger partial charge is 0.496 e. The normalized spacial score (nSPS) is 12.4. The molecule has 0 aliphatic heterocycles. The predicted octanol–water partition coefficient (Wildman–Crippen LogP) is 3.19. The fraction of sp³-hybridized carbons (Fsp3) is 0.538. The molecule has 0 amide bonds. The number of ether oxygens (including phenoxy) is 2. The number of hydrogen-bond acceptors (Lipinski definition) is 3. The molecule has 0 saturated heterocycles. The second kappa shape index (κ2) is 8.75. The molecule has 0 aromatic heterocycles. The van der Waals surface area contributed by atoms with E-state index in [1.54, 1.807) is 14.2 Å². The van der Waals surface area contributed by atoms with Crippen LogP contribution >= 0.6 is 27.5 Å². The van der Waals surface area contributed by atoms with Crippen LogP contribution in [-0.4, -0.2) is 32.7 Å². The molecule has 102 valence electrons. The van der Waals surface area contributed by atoms with E-state index in [0.717, 1.165) is 35.3 Å². The van der Waals surface area contributed by atoms with Crippen LogP contribution in [0.15, 0.2) is 22.7 Å². The lowest BCUT2D eigenvalue weighted by Crippen LogP contribution is -2.20. The SMILES string of the molecule is COCC(Cl)CCNCc1cc(Br)ccc1OC. The highest BCUT2D eigenvalue weighted by Gasteiger charge is 2.05. The minimum atomic E-state index is 0.0619. The summed E-state index contributed by atoms with van der Waals surface area (Å²) in [5, 5.41) is 3.41. The van der Waals surface area contributed by atoms with E-state index in [1.807, 2.05) is 12.1 Å². The van der Waals surface area contributed by atoms with Gasteiger partial charge in [-0.3, -0.25) is 0 Å². The van der Waals surface area contributed by atoms with Gasteiger partial charge in [-0.25, -0.2) is 0 Å². The quantitative estimate of drug-likeness (QED) is 0.584.